The van der Waals surface area contributed by atoms with Gasteiger partial charge in [0.2, 0.25) is 0 Å². The number of nitrogens with one attached hydrogen (secondary N) is 2. The van der Waals surface area contributed by atoms with Gasteiger partial charge < -0.3 is 19.1 Å². The second-order valence-electron chi connectivity index (χ2n) is 5.66. The highest BCUT2D eigenvalue weighted by Crippen LogP contribution is 2.07. The Morgan fingerprint density at radius 3 is 1.25 bits per heavy atom. The maximum atomic E-state index is 11.1. The average Bonchev–Trinajstić information content (AvgIpc) is 2.18. The Morgan fingerprint density at radius 2 is 1.00 bits per heavy atom. The fraction of sp³-hybridized carbons (Fsp3) is 0.727. The fourth-order valence-electron chi connectivity index (χ4n) is 0.785. The SMILES string of the molecule is CC(C)(C)OC(=O)NOC(=O)ONC(=O)OC(C)(C)C. The van der Waals surface area contributed by atoms with Gasteiger partial charge in [0.25, 0.3) is 0 Å². The molecule has 0 aromatic heterocycles. The van der Waals surface area contributed by atoms with Crippen LogP contribution in [0.3, 0.4) is 0 Å². The Balaban J connectivity index is 3.91. The predicted octanol–water partition coefficient (Wildman–Crippen LogP) is 2.02. The molecule has 0 atom stereocenters. The topological polar surface area (TPSA) is 112 Å². The number of rotatable bonds is 0. The Bertz CT molecular complexity index is 334. The lowest BCUT2D eigenvalue weighted by Crippen LogP contribution is -2.37. The zero-order chi connectivity index (χ0) is 16.0. The lowest BCUT2D eigenvalue weighted by molar-refractivity contribution is -0.0346. The second kappa shape index (κ2) is 6.83. The van der Waals surface area contributed by atoms with Crippen LogP contribution >= 0.6 is 0 Å². The van der Waals surface area contributed by atoms with E-state index in [1.165, 1.54) is 0 Å². The number of hydrogen-bond donors (Lipinski definition) is 2. The molecule has 0 aliphatic carbocycles. The first kappa shape index (κ1) is 17.8. The largest absolute Gasteiger partial charge is 0.558 e. The number of carbonyl (C=O) groups excluding carboxylic acids is 3. The van der Waals surface area contributed by atoms with Crippen LogP contribution in [0.15, 0.2) is 0 Å². The second-order valence-corrected chi connectivity index (χ2v) is 5.66. The molecule has 0 unspecified atom stereocenters. The third-order valence-electron chi connectivity index (χ3n) is 1.23. The summed E-state index contributed by atoms with van der Waals surface area (Å²) in [6.45, 7) is 9.80. The molecule has 9 nitrogen and oxygen atoms in total. The molecule has 0 radical (unpaired) electrons. The van der Waals surface area contributed by atoms with Gasteiger partial charge >= 0.3 is 18.3 Å². The highest BCUT2D eigenvalue weighted by atomic mass is 16.9. The quantitative estimate of drug-likeness (QED) is 0.518. The molecule has 0 saturated heterocycles. The maximum Gasteiger partial charge on any atom is 0.558 e. The Hall–Kier alpha value is -2.19. The summed E-state index contributed by atoms with van der Waals surface area (Å²) >= 11 is 0. The molecule has 116 valence electrons. The number of ether oxygens (including phenoxy) is 2. The first-order chi connectivity index (χ1) is 8.89. The molecule has 9 heteroatoms. The van der Waals surface area contributed by atoms with Crippen molar-refractivity contribution in [3.05, 3.63) is 0 Å². The molecule has 0 heterocycles. The molecule has 0 bridgehead atoms. The van der Waals surface area contributed by atoms with E-state index in [0.717, 1.165) is 0 Å². The number of hydrogen-bond acceptors (Lipinski definition) is 7. The van der Waals surface area contributed by atoms with E-state index in [1.54, 1.807) is 52.5 Å². The number of carbonyl (C=O) groups is 3. The van der Waals surface area contributed by atoms with Crippen LogP contribution in [0.4, 0.5) is 14.4 Å². The van der Waals surface area contributed by atoms with Crippen LogP contribution in [0.1, 0.15) is 41.5 Å². The first-order valence-corrected chi connectivity index (χ1v) is 5.75. The zero-order valence-corrected chi connectivity index (χ0v) is 12.4. The molecule has 0 aliphatic heterocycles. The molecule has 20 heavy (non-hydrogen) atoms. The number of amides is 2. The van der Waals surface area contributed by atoms with Crippen LogP contribution in [-0.2, 0) is 19.1 Å². The van der Waals surface area contributed by atoms with Crippen molar-refractivity contribution in [3.8, 4) is 0 Å². The van der Waals surface area contributed by atoms with Crippen LogP contribution in [0, 0.1) is 0 Å². The molecule has 0 rings (SSSR count). The van der Waals surface area contributed by atoms with Crippen LogP contribution in [0.2, 0.25) is 0 Å². The lowest BCUT2D eigenvalue weighted by atomic mass is 10.2. The van der Waals surface area contributed by atoms with Crippen molar-refractivity contribution in [2.24, 2.45) is 0 Å². The molecule has 0 fully saturated rings. The predicted molar refractivity (Wildman–Crippen MR) is 66.3 cm³/mol. The van der Waals surface area contributed by atoms with E-state index in [9.17, 15) is 14.4 Å². The van der Waals surface area contributed by atoms with Gasteiger partial charge in [-0.3, -0.25) is 0 Å². The van der Waals surface area contributed by atoms with Gasteiger partial charge in [0.15, 0.2) is 0 Å². The smallest absolute Gasteiger partial charge is 0.442 e. The summed E-state index contributed by atoms with van der Waals surface area (Å²) in [7, 11) is 0. The van der Waals surface area contributed by atoms with Crippen LogP contribution < -0.4 is 11.0 Å². The van der Waals surface area contributed by atoms with Crippen molar-refractivity contribution >= 4 is 18.3 Å². The number of hydroxylamine groups is 2. The summed E-state index contributed by atoms with van der Waals surface area (Å²) in [5, 5.41) is 0. The van der Waals surface area contributed by atoms with Crippen molar-refractivity contribution in [2.75, 3.05) is 0 Å². The van der Waals surface area contributed by atoms with Crippen molar-refractivity contribution in [1.29, 1.82) is 0 Å². The highest BCUT2D eigenvalue weighted by Gasteiger charge is 2.20. The molecule has 2 amide bonds. The average molecular weight is 292 g/mol. The normalized spacial score (nSPS) is 11.1. The van der Waals surface area contributed by atoms with Gasteiger partial charge in [0, 0.05) is 0 Å². The molecule has 0 spiro atoms. The summed E-state index contributed by atoms with van der Waals surface area (Å²) in [5.74, 6) is 0. The summed E-state index contributed by atoms with van der Waals surface area (Å²) in [6.07, 6.45) is -3.32. The monoisotopic (exact) mass is 292 g/mol. The van der Waals surface area contributed by atoms with E-state index in [-0.39, 0.29) is 0 Å². The summed E-state index contributed by atoms with van der Waals surface area (Å²) < 4.78 is 9.57. The molecular weight excluding hydrogens is 272 g/mol. The van der Waals surface area contributed by atoms with Gasteiger partial charge in [-0.1, -0.05) is 0 Å². The Kier molecular flexibility index (Phi) is 6.08. The molecule has 0 saturated carbocycles. The van der Waals surface area contributed by atoms with Gasteiger partial charge in [-0.05, 0) is 41.5 Å². The van der Waals surface area contributed by atoms with E-state index in [1.807, 2.05) is 0 Å². The standard InChI is InChI=1S/C11H20N2O7/c1-10(2,3)17-7(14)12-19-9(16)20-13-8(15)18-11(4,5)6/h1-6H3,(H,12,14)(H,13,15). The molecule has 0 aromatic rings. The van der Waals surface area contributed by atoms with Crippen LogP contribution in [-0.4, -0.2) is 29.5 Å². The van der Waals surface area contributed by atoms with E-state index in [2.05, 4.69) is 9.68 Å². The van der Waals surface area contributed by atoms with Crippen molar-refractivity contribution in [1.82, 2.24) is 11.0 Å². The van der Waals surface area contributed by atoms with Crippen molar-refractivity contribution in [3.63, 3.8) is 0 Å². The summed E-state index contributed by atoms with van der Waals surface area (Å²) in [6, 6.07) is 0. The van der Waals surface area contributed by atoms with Gasteiger partial charge in [-0.15, -0.1) is 11.0 Å². The molecule has 0 aromatic carbocycles. The van der Waals surface area contributed by atoms with Gasteiger partial charge in [-0.2, -0.15) is 4.79 Å². The Labute approximate surface area is 116 Å². The van der Waals surface area contributed by atoms with Crippen LogP contribution in [0.25, 0.3) is 0 Å². The highest BCUT2D eigenvalue weighted by molar-refractivity contribution is 5.71. The first-order valence-electron chi connectivity index (χ1n) is 5.75. The summed E-state index contributed by atoms with van der Waals surface area (Å²) in [5.41, 5.74) is 1.88. The third-order valence-corrected chi connectivity index (χ3v) is 1.23. The van der Waals surface area contributed by atoms with Gasteiger partial charge in [-0.25, -0.2) is 9.59 Å². The molecule has 0 aliphatic rings. The van der Waals surface area contributed by atoms with Gasteiger partial charge in [0.05, 0.1) is 0 Å². The van der Waals surface area contributed by atoms with Crippen molar-refractivity contribution in [2.45, 2.75) is 52.7 Å². The van der Waals surface area contributed by atoms with Crippen LogP contribution in [0.5, 0.6) is 0 Å². The molecule has 2 N–H and O–H groups in total. The molecular formula is C11H20N2O7. The van der Waals surface area contributed by atoms with Crippen molar-refractivity contribution < 1.29 is 33.5 Å². The third kappa shape index (κ3) is 10.9. The fourth-order valence-corrected chi connectivity index (χ4v) is 0.785. The zero-order valence-electron chi connectivity index (χ0n) is 12.4. The van der Waals surface area contributed by atoms with E-state index in [0.29, 0.717) is 0 Å². The van der Waals surface area contributed by atoms with Gasteiger partial charge in [0.1, 0.15) is 11.2 Å². The minimum Gasteiger partial charge on any atom is -0.442 e. The van der Waals surface area contributed by atoms with E-state index >= 15 is 0 Å². The minimum absolute atomic E-state index is 0.744. The van der Waals surface area contributed by atoms with E-state index < -0.39 is 29.5 Å². The Morgan fingerprint density at radius 1 is 0.700 bits per heavy atom. The summed E-state index contributed by atoms with van der Waals surface area (Å²) in [4.78, 5) is 41.6. The maximum absolute atomic E-state index is 11.1. The lowest BCUT2D eigenvalue weighted by Gasteiger charge is -2.19. The minimum atomic E-state index is -1.36. The van der Waals surface area contributed by atoms with E-state index in [4.69, 9.17) is 9.47 Å².